The van der Waals surface area contributed by atoms with Gasteiger partial charge in [-0.05, 0) is 55.3 Å². The van der Waals surface area contributed by atoms with Gasteiger partial charge in [-0.15, -0.1) is 0 Å². The number of anilines is 2. The third-order valence-electron chi connectivity index (χ3n) is 5.09. The van der Waals surface area contributed by atoms with Gasteiger partial charge >= 0.3 is 0 Å². The lowest BCUT2D eigenvalue weighted by atomic mass is 10.2. The number of nitrogens with one attached hydrogen (secondary N) is 2. The summed E-state index contributed by atoms with van der Waals surface area (Å²) in [6.45, 7) is 0.792. The van der Waals surface area contributed by atoms with Crippen LogP contribution < -0.4 is 10.6 Å². The Morgan fingerprint density at radius 2 is 1.70 bits per heavy atom. The molecule has 0 bridgehead atoms. The molecule has 1 aromatic carbocycles. The van der Waals surface area contributed by atoms with Crippen LogP contribution in [0.1, 0.15) is 40.3 Å². The van der Waals surface area contributed by atoms with E-state index in [4.69, 9.17) is 4.42 Å². The smallest absolute Gasteiger partial charge is 0.291 e. The van der Waals surface area contributed by atoms with Crippen LogP contribution in [0.5, 0.6) is 0 Å². The molecule has 2 N–H and O–H groups in total. The molecular formula is C22H21FN4O5S. The third-order valence-corrected chi connectivity index (χ3v) is 6.86. The maximum atomic E-state index is 13.8. The summed E-state index contributed by atoms with van der Waals surface area (Å²) >= 11 is 0. The van der Waals surface area contributed by atoms with Crippen molar-refractivity contribution in [1.29, 1.82) is 0 Å². The second-order valence-corrected chi connectivity index (χ2v) is 9.27. The third kappa shape index (κ3) is 5.10. The number of hydrogen-bond acceptors (Lipinski definition) is 6. The molecular weight excluding hydrogens is 451 g/mol. The maximum absolute atomic E-state index is 13.8. The Hall–Kier alpha value is -3.57. The molecule has 33 heavy (non-hydrogen) atoms. The molecule has 172 valence electrons. The van der Waals surface area contributed by atoms with Crippen LogP contribution in [-0.4, -0.2) is 42.6 Å². The number of sulfonamides is 1. The highest BCUT2D eigenvalue weighted by Gasteiger charge is 2.29. The predicted octanol–water partition coefficient (Wildman–Crippen LogP) is 3.49. The Bertz CT molecular complexity index is 1270. The van der Waals surface area contributed by atoms with E-state index in [0.29, 0.717) is 13.1 Å². The zero-order chi connectivity index (χ0) is 23.4. The van der Waals surface area contributed by atoms with Gasteiger partial charge in [0.05, 0.1) is 11.4 Å². The minimum Gasteiger partial charge on any atom is -0.438 e. The predicted molar refractivity (Wildman–Crippen MR) is 118 cm³/mol. The van der Waals surface area contributed by atoms with Gasteiger partial charge in [0.25, 0.3) is 21.8 Å². The largest absolute Gasteiger partial charge is 0.438 e. The number of benzene rings is 1. The van der Waals surface area contributed by atoms with E-state index in [0.717, 1.165) is 31.4 Å². The van der Waals surface area contributed by atoms with Crippen LogP contribution in [0, 0.1) is 5.82 Å². The van der Waals surface area contributed by atoms with Crippen molar-refractivity contribution < 1.29 is 26.8 Å². The average molecular weight is 472 g/mol. The summed E-state index contributed by atoms with van der Waals surface area (Å²) in [5, 5.41) is 4.68. The van der Waals surface area contributed by atoms with E-state index in [1.807, 2.05) is 0 Å². The minimum atomic E-state index is -3.85. The number of halogens is 1. The Kier molecular flexibility index (Phi) is 6.52. The van der Waals surface area contributed by atoms with Gasteiger partial charge in [-0.1, -0.05) is 12.5 Å². The minimum absolute atomic E-state index is 0.0267. The molecule has 3 aromatic rings. The fourth-order valence-electron chi connectivity index (χ4n) is 3.41. The van der Waals surface area contributed by atoms with Crippen LogP contribution in [0.4, 0.5) is 15.8 Å². The van der Waals surface area contributed by atoms with Crippen molar-refractivity contribution in [2.45, 2.75) is 24.4 Å². The lowest BCUT2D eigenvalue weighted by Crippen LogP contribution is -2.35. The molecule has 9 nitrogen and oxygen atoms in total. The van der Waals surface area contributed by atoms with Gasteiger partial charge in [-0.3, -0.25) is 14.6 Å². The molecule has 4 rings (SSSR count). The average Bonchev–Trinajstić information content (AvgIpc) is 3.33. The van der Waals surface area contributed by atoms with Gasteiger partial charge in [-0.2, -0.15) is 4.31 Å². The summed E-state index contributed by atoms with van der Waals surface area (Å²) in [4.78, 5) is 29.0. The lowest BCUT2D eigenvalue weighted by Gasteiger charge is -2.24. The van der Waals surface area contributed by atoms with Crippen molar-refractivity contribution in [3.63, 3.8) is 0 Å². The van der Waals surface area contributed by atoms with Crippen LogP contribution in [0.2, 0.25) is 0 Å². The van der Waals surface area contributed by atoms with E-state index in [1.54, 1.807) is 12.1 Å². The fourth-order valence-corrected chi connectivity index (χ4v) is 4.84. The molecule has 2 amide bonds. The van der Waals surface area contributed by atoms with Crippen molar-refractivity contribution in [2.75, 3.05) is 23.7 Å². The van der Waals surface area contributed by atoms with Crippen molar-refractivity contribution >= 4 is 33.2 Å². The number of rotatable bonds is 6. The maximum Gasteiger partial charge on any atom is 0.291 e. The monoisotopic (exact) mass is 472 g/mol. The van der Waals surface area contributed by atoms with E-state index in [9.17, 15) is 22.4 Å². The van der Waals surface area contributed by atoms with Gasteiger partial charge in [0, 0.05) is 19.3 Å². The van der Waals surface area contributed by atoms with Crippen LogP contribution >= 0.6 is 0 Å². The Morgan fingerprint density at radius 1 is 0.939 bits per heavy atom. The number of nitrogens with zero attached hydrogens (tertiary/aromatic N) is 2. The molecule has 1 saturated heterocycles. The summed E-state index contributed by atoms with van der Waals surface area (Å²) in [6, 6.07) is 10.7. The highest BCUT2D eigenvalue weighted by Crippen LogP contribution is 2.26. The zero-order valence-electron chi connectivity index (χ0n) is 17.5. The summed E-state index contributed by atoms with van der Waals surface area (Å²) in [7, 11) is -3.85. The Morgan fingerprint density at radius 3 is 2.42 bits per heavy atom. The SMILES string of the molecule is O=C(Nc1ccc(F)cc1NC(=O)c1ccc(S(=O)(=O)N2CCCCC2)o1)c1ccccn1. The van der Waals surface area contributed by atoms with Crippen LogP contribution in [0.25, 0.3) is 0 Å². The number of furan rings is 1. The number of carbonyl (C=O) groups is 2. The summed E-state index contributed by atoms with van der Waals surface area (Å²) in [5.41, 5.74) is 0.243. The van der Waals surface area contributed by atoms with Crippen LogP contribution in [0.3, 0.4) is 0 Å². The molecule has 0 radical (unpaired) electrons. The molecule has 0 spiro atoms. The highest BCUT2D eigenvalue weighted by molar-refractivity contribution is 7.89. The fraction of sp³-hybridized carbons (Fsp3) is 0.227. The normalized spacial score (nSPS) is 14.6. The van der Waals surface area contributed by atoms with Crippen LogP contribution in [0.15, 0.2) is 64.2 Å². The van der Waals surface area contributed by atoms with Crippen molar-refractivity contribution in [3.8, 4) is 0 Å². The molecule has 1 fully saturated rings. The molecule has 0 saturated carbocycles. The lowest BCUT2D eigenvalue weighted by molar-refractivity contribution is 0.0988. The number of hydrogen-bond donors (Lipinski definition) is 2. The standard InChI is InChI=1S/C22H21FN4O5S/c23-15-7-8-16(25-21(28)17-6-2-3-11-24-17)18(14-15)26-22(29)19-9-10-20(32-19)33(30,31)27-12-4-1-5-13-27/h2-3,6-11,14H,1,4-5,12-13H2,(H,25,28)(H,26,29). The topological polar surface area (TPSA) is 122 Å². The molecule has 0 unspecified atom stereocenters. The Balaban J connectivity index is 1.52. The van der Waals surface area contributed by atoms with Crippen molar-refractivity contribution in [2.24, 2.45) is 0 Å². The first-order chi connectivity index (χ1) is 15.8. The van der Waals surface area contributed by atoms with E-state index in [-0.39, 0.29) is 27.9 Å². The number of pyridine rings is 1. The number of carbonyl (C=O) groups excluding carboxylic acids is 2. The highest BCUT2D eigenvalue weighted by atomic mass is 32.2. The summed E-state index contributed by atoms with van der Waals surface area (Å²) < 4.78 is 46.0. The number of aromatic nitrogens is 1. The molecule has 1 aliphatic rings. The first-order valence-electron chi connectivity index (χ1n) is 10.3. The van der Waals surface area contributed by atoms with Crippen molar-refractivity contribution in [1.82, 2.24) is 9.29 Å². The quantitative estimate of drug-likeness (QED) is 0.566. The molecule has 11 heteroatoms. The van der Waals surface area contributed by atoms with Crippen molar-refractivity contribution in [3.05, 3.63) is 72.0 Å². The second kappa shape index (κ2) is 9.51. The van der Waals surface area contributed by atoms with Gasteiger partial charge in [0.2, 0.25) is 5.09 Å². The first kappa shape index (κ1) is 22.6. The van der Waals surface area contributed by atoms with Gasteiger partial charge < -0.3 is 15.1 Å². The molecule has 0 atom stereocenters. The first-order valence-corrected chi connectivity index (χ1v) is 11.7. The van der Waals surface area contributed by atoms with E-state index in [1.165, 1.54) is 34.8 Å². The summed E-state index contributed by atoms with van der Waals surface area (Å²) in [6.07, 6.45) is 3.94. The molecule has 3 heterocycles. The molecule has 1 aliphatic heterocycles. The number of piperidine rings is 1. The van der Waals surface area contributed by atoms with E-state index in [2.05, 4.69) is 15.6 Å². The van der Waals surface area contributed by atoms with Crippen LogP contribution in [-0.2, 0) is 10.0 Å². The Labute approximate surface area is 189 Å². The summed E-state index contributed by atoms with van der Waals surface area (Å²) in [5.74, 6) is -2.26. The van der Waals surface area contributed by atoms with E-state index >= 15 is 0 Å². The van der Waals surface area contributed by atoms with E-state index < -0.39 is 27.7 Å². The van der Waals surface area contributed by atoms with Gasteiger partial charge in [0.1, 0.15) is 11.5 Å². The number of amides is 2. The second-order valence-electron chi connectivity index (χ2n) is 7.40. The van der Waals surface area contributed by atoms with Gasteiger partial charge in [-0.25, -0.2) is 12.8 Å². The zero-order valence-corrected chi connectivity index (χ0v) is 18.3. The van der Waals surface area contributed by atoms with Gasteiger partial charge in [0.15, 0.2) is 5.76 Å². The molecule has 2 aromatic heterocycles. The molecule has 0 aliphatic carbocycles.